The highest BCUT2D eigenvalue weighted by atomic mass is 16.6. The maximum Gasteiger partial charge on any atom is 0.295 e. The van der Waals surface area contributed by atoms with Gasteiger partial charge in [0.25, 0.3) is 11.1 Å². The van der Waals surface area contributed by atoms with Gasteiger partial charge in [0.05, 0.1) is 20.5 Å². The minimum Gasteiger partial charge on any atom is -0.366 e. The van der Waals surface area contributed by atoms with Gasteiger partial charge < -0.3 is 10.2 Å². The third-order valence-corrected chi connectivity index (χ3v) is 4.09. The molecule has 0 aromatic carbocycles. The van der Waals surface area contributed by atoms with E-state index in [1.807, 2.05) is 0 Å². The van der Waals surface area contributed by atoms with Crippen LogP contribution in [-0.4, -0.2) is 58.5 Å². The summed E-state index contributed by atoms with van der Waals surface area (Å²) in [7, 11) is 3.44. The topological polar surface area (TPSA) is 129 Å². The molecule has 1 saturated heterocycles. The van der Waals surface area contributed by atoms with Crippen LogP contribution in [0.15, 0.2) is 11.6 Å². The van der Waals surface area contributed by atoms with E-state index in [9.17, 15) is 25.0 Å². The normalized spacial score (nSPS) is 35.0. The molecule has 2 aliphatic rings. The van der Waals surface area contributed by atoms with E-state index in [0.29, 0.717) is 0 Å². The molecule has 1 heterocycles. The number of nitrogens with zero attached hydrogens (tertiary/aromatic N) is 3. The highest BCUT2D eigenvalue weighted by molar-refractivity contribution is 5.92. The third kappa shape index (κ3) is 2.03. The number of fused-ring (bicyclic) bond motifs is 2. The number of likely N-dealkylation sites (N-methyl/N-ethyl adjacent to an activating group) is 1. The molecule has 9 nitrogen and oxygen atoms in total. The van der Waals surface area contributed by atoms with Crippen molar-refractivity contribution in [2.45, 2.75) is 23.9 Å². The van der Waals surface area contributed by atoms with Gasteiger partial charge in [0.15, 0.2) is 13.1 Å². The van der Waals surface area contributed by atoms with Crippen molar-refractivity contribution in [2.75, 3.05) is 27.2 Å². The second kappa shape index (κ2) is 3.98. The molecular formula is C11H17N4O5+. The Morgan fingerprint density at radius 3 is 2.35 bits per heavy atom. The Morgan fingerprint density at radius 1 is 1.30 bits per heavy atom. The second-order valence-electron chi connectivity index (χ2n) is 6.48. The number of quaternary nitrogens is 1. The first-order valence-electron chi connectivity index (χ1n) is 6.15. The molecule has 0 radical (unpaired) electrons. The van der Waals surface area contributed by atoms with Crippen LogP contribution in [0.2, 0.25) is 0 Å². The van der Waals surface area contributed by atoms with Gasteiger partial charge in [-0.3, -0.25) is 25.0 Å². The summed E-state index contributed by atoms with van der Waals surface area (Å²) < 4.78 is 0.157. The number of nitrogens with two attached hydrogens (primary N) is 1. The number of carbonyl (C=O) groups excluding carboxylic acids is 1. The summed E-state index contributed by atoms with van der Waals surface area (Å²) >= 11 is 0. The zero-order valence-electron chi connectivity index (χ0n) is 11.4. The molecule has 9 heteroatoms. The van der Waals surface area contributed by atoms with E-state index in [0.717, 1.165) is 0 Å². The first-order chi connectivity index (χ1) is 9.02. The molecule has 0 aromatic rings. The number of likely N-dealkylation sites (tertiary alicyclic amines) is 1. The number of amides is 1. The van der Waals surface area contributed by atoms with Crippen LogP contribution in [0.4, 0.5) is 0 Å². The first-order valence-corrected chi connectivity index (χ1v) is 6.15. The van der Waals surface area contributed by atoms with Crippen molar-refractivity contribution in [3.8, 4) is 0 Å². The molecule has 1 fully saturated rings. The SMILES string of the molecule is C[N+]1(C)C[C@]2([N+](=O)[O-])C=C(C(N)=O)C[C@@]([N+](=O)[O-])(C2)C1. The van der Waals surface area contributed by atoms with Crippen molar-refractivity contribution in [1.82, 2.24) is 0 Å². The molecule has 20 heavy (non-hydrogen) atoms. The minimum atomic E-state index is -1.60. The maximum absolute atomic E-state index is 11.5. The average Bonchev–Trinajstić information content (AvgIpc) is 2.25. The van der Waals surface area contributed by atoms with E-state index in [4.69, 9.17) is 5.73 Å². The summed E-state index contributed by atoms with van der Waals surface area (Å²) in [5, 5.41) is 23.0. The van der Waals surface area contributed by atoms with Crippen LogP contribution in [0.3, 0.4) is 0 Å². The van der Waals surface area contributed by atoms with Gasteiger partial charge in [-0.15, -0.1) is 0 Å². The van der Waals surface area contributed by atoms with E-state index in [-0.39, 0.29) is 36.0 Å². The van der Waals surface area contributed by atoms with Gasteiger partial charge in [0.2, 0.25) is 5.91 Å². The van der Waals surface area contributed by atoms with E-state index < -0.39 is 26.8 Å². The summed E-state index contributed by atoms with van der Waals surface area (Å²) in [6.45, 7) is 0.243. The highest BCUT2D eigenvalue weighted by Crippen LogP contribution is 2.44. The monoisotopic (exact) mass is 285 g/mol. The van der Waals surface area contributed by atoms with Crippen molar-refractivity contribution in [3.05, 3.63) is 31.9 Å². The Morgan fingerprint density at radius 2 is 1.90 bits per heavy atom. The average molecular weight is 285 g/mol. The third-order valence-electron chi connectivity index (χ3n) is 4.09. The molecule has 0 unspecified atom stereocenters. The van der Waals surface area contributed by atoms with E-state index in [1.165, 1.54) is 6.08 Å². The fourth-order valence-corrected chi connectivity index (χ4v) is 3.74. The van der Waals surface area contributed by atoms with Crippen LogP contribution in [-0.2, 0) is 4.79 Å². The van der Waals surface area contributed by atoms with Gasteiger partial charge in [-0.25, -0.2) is 0 Å². The number of piperidine rings is 1. The standard InChI is InChI=1S/C11H16N4O5/c1-15(2)6-10(13(17)18)3-8(9(12)16)4-11(5-10,7-15)14(19)20/h3H,4-7H2,1-2H3,(H-,12,16)/p+1/t10-,11+/m0/s1. The Labute approximate surface area is 114 Å². The maximum atomic E-state index is 11.5. The predicted molar refractivity (Wildman–Crippen MR) is 67.8 cm³/mol. The van der Waals surface area contributed by atoms with Crippen LogP contribution in [0.5, 0.6) is 0 Å². The number of nitro groups is 2. The smallest absolute Gasteiger partial charge is 0.295 e. The quantitative estimate of drug-likeness (QED) is 0.417. The zero-order valence-corrected chi connectivity index (χ0v) is 11.4. The van der Waals surface area contributed by atoms with Crippen LogP contribution < -0.4 is 5.73 Å². The van der Waals surface area contributed by atoms with Gasteiger partial charge in [0.1, 0.15) is 6.42 Å². The Hall–Kier alpha value is -2.03. The lowest BCUT2D eigenvalue weighted by molar-refractivity contribution is -0.933. The second-order valence-corrected chi connectivity index (χ2v) is 6.48. The highest BCUT2D eigenvalue weighted by Gasteiger charge is 2.68. The number of hydrogen-bond acceptors (Lipinski definition) is 5. The molecule has 1 aliphatic carbocycles. The Bertz CT molecular complexity index is 543. The summed E-state index contributed by atoms with van der Waals surface area (Å²) in [5.74, 6) is -0.825. The van der Waals surface area contributed by atoms with Crippen molar-refractivity contribution in [2.24, 2.45) is 5.73 Å². The summed E-state index contributed by atoms with van der Waals surface area (Å²) in [5.41, 5.74) is 2.08. The molecule has 1 amide bonds. The summed E-state index contributed by atoms with van der Waals surface area (Å²) in [6.07, 6.45) is 0.890. The molecule has 2 N–H and O–H groups in total. The lowest BCUT2D eigenvalue weighted by Gasteiger charge is -2.47. The van der Waals surface area contributed by atoms with Crippen molar-refractivity contribution < 1.29 is 19.1 Å². The van der Waals surface area contributed by atoms with Gasteiger partial charge in [-0.05, 0) is 0 Å². The number of carbonyl (C=O) groups is 1. The van der Waals surface area contributed by atoms with E-state index in [1.54, 1.807) is 14.1 Å². The predicted octanol–water partition coefficient (Wildman–Crippen LogP) is -0.687. The molecule has 2 rings (SSSR count). The molecule has 1 aliphatic heterocycles. The molecule has 2 atom stereocenters. The lowest BCUT2D eigenvalue weighted by atomic mass is 9.68. The van der Waals surface area contributed by atoms with Crippen molar-refractivity contribution >= 4 is 5.91 Å². The van der Waals surface area contributed by atoms with Crippen LogP contribution in [0.1, 0.15) is 12.8 Å². The van der Waals surface area contributed by atoms with Gasteiger partial charge >= 0.3 is 0 Å². The molecule has 2 bridgehead atoms. The van der Waals surface area contributed by atoms with Crippen molar-refractivity contribution in [3.63, 3.8) is 0 Å². The van der Waals surface area contributed by atoms with Gasteiger partial charge in [0, 0.05) is 21.5 Å². The van der Waals surface area contributed by atoms with Crippen LogP contribution in [0, 0.1) is 20.2 Å². The number of hydrogen-bond donors (Lipinski definition) is 1. The van der Waals surface area contributed by atoms with Crippen LogP contribution in [0.25, 0.3) is 0 Å². The van der Waals surface area contributed by atoms with Gasteiger partial charge in [-0.1, -0.05) is 0 Å². The Balaban J connectivity index is 2.64. The lowest BCUT2D eigenvalue weighted by Crippen LogP contribution is -2.71. The molecule has 110 valence electrons. The van der Waals surface area contributed by atoms with Crippen molar-refractivity contribution in [1.29, 1.82) is 0 Å². The van der Waals surface area contributed by atoms with E-state index >= 15 is 0 Å². The Kier molecular flexibility index (Phi) is 2.86. The summed E-state index contributed by atoms with van der Waals surface area (Å²) in [4.78, 5) is 33.4. The largest absolute Gasteiger partial charge is 0.366 e. The fourth-order valence-electron chi connectivity index (χ4n) is 3.74. The number of rotatable bonds is 3. The van der Waals surface area contributed by atoms with E-state index in [2.05, 4.69) is 0 Å². The fraction of sp³-hybridized carbons (Fsp3) is 0.727. The molecular weight excluding hydrogens is 268 g/mol. The summed E-state index contributed by atoms with van der Waals surface area (Å²) in [6, 6.07) is 0. The molecule has 0 aromatic heterocycles. The van der Waals surface area contributed by atoms with Gasteiger partial charge in [-0.2, -0.15) is 0 Å². The minimum absolute atomic E-state index is 0.00986. The first kappa shape index (κ1) is 14.4. The molecule has 0 spiro atoms. The molecule has 0 saturated carbocycles. The van der Waals surface area contributed by atoms with Crippen LogP contribution >= 0.6 is 0 Å². The number of primary amides is 1. The zero-order chi connectivity index (χ0) is 15.3.